The van der Waals surface area contributed by atoms with Crippen LogP contribution in [0.4, 0.5) is 0 Å². The third kappa shape index (κ3) is 3.35. The lowest BCUT2D eigenvalue weighted by atomic mass is 9.77. The SMILES string of the molecule is Cc1cc(C)c(C(C)NC(=O)C2(c3ccccc3)CCCC2)cc1C. The van der Waals surface area contributed by atoms with E-state index >= 15 is 0 Å². The fourth-order valence-electron chi connectivity index (χ4n) is 4.24. The summed E-state index contributed by atoms with van der Waals surface area (Å²) in [6, 6.07) is 14.8. The Kier molecular flexibility index (Phi) is 4.99. The van der Waals surface area contributed by atoms with Gasteiger partial charge in [-0.2, -0.15) is 0 Å². The van der Waals surface area contributed by atoms with E-state index in [1.807, 2.05) is 18.2 Å². The van der Waals surface area contributed by atoms with Gasteiger partial charge in [-0.3, -0.25) is 4.79 Å². The molecular weight excluding hydrogens is 306 g/mol. The molecule has 1 unspecified atom stereocenters. The molecule has 2 heteroatoms. The molecule has 0 aliphatic heterocycles. The van der Waals surface area contributed by atoms with Crippen LogP contribution in [0, 0.1) is 20.8 Å². The van der Waals surface area contributed by atoms with E-state index in [-0.39, 0.29) is 17.4 Å². The molecule has 0 spiro atoms. The lowest BCUT2D eigenvalue weighted by molar-refractivity contribution is -0.127. The molecule has 1 aliphatic rings. The Bertz CT molecular complexity index is 757. The zero-order chi connectivity index (χ0) is 18.0. The average Bonchev–Trinajstić information content (AvgIpc) is 3.10. The number of carbonyl (C=O) groups excluding carboxylic acids is 1. The van der Waals surface area contributed by atoms with Crippen LogP contribution < -0.4 is 5.32 Å². The van der Waals surface area contributed by atoms with Crippen LogP contribution in [0.1, 0.15) is 66.5 Å². The van der Waals surface area contributed by atoms with Gasteiger partial charge < -0.3 is 5.32 Å². The summed E-state index contributed by atoms with van der Waals surface area (Å²) in [6.07, 6.45) is 4.14. The molecule has 1 amide bonds. The third-order valence-corrected chi connectivity index (χ3v) is 5.91. The Morgan fingerprint density at radius 2 is 1.56 bits per heavy atom. The summed E-state index contributed by atoms with van der Waals surface area (Å²) in [5, 5.41) is 3.33. The van der Waals surface area contributed by atoms with Crippen molar-refractivity contribution >= 4 is 5.91 Å². The van der Waals surface area contributed by atoms with E-state index in [1.54, 1.807) is 0 Å². The number of carbonyl (C=O) groups is 1. The topological polar surface area (TPSA) is 29.1 Å². The lowest BCUT2D eigenvalue weighted by Crippen LogP contribution is -2.43. The second-order valence-corrected chi connectivity index (χ2v) is 7.64. The van der Waals surface area contributed by atoms with Gasteiger partial charge in [-0.1, -0.05) is 55.3 Å². The minimum Gasteiger partial charge on any atom is -0.349 e. The molecule has 0 saturated heterocycles. The van der Waals surface area contributed by atoms with Gasteiger partial charge in [-0.25, -0.2) is 0 Å². The van der Waals surface area contributed by atoms with E-state index in [4.69, 9.17) is 0 Å². The van der Waals surface area contributed by atoms with E-state index in [9.17, 15) is 4.79 Å². The number of benzene rings is 2. The summed E-state index contributed by atoms with van der Waals surface area (Å²) < 4.78 is 0. The molecule has 0 radical (unpaired) electrons. The quantitative estimate of drug-likeness (QED) is 0.807. The highest BCUT2D eigenvalue weighted by Crippen LogP contribution is 2.41. The van der Waals surface area contributed by atoms with Crippen molar-refractivity contribution in [3.8, 4) is 0 Å². The number of hydrogen-bond donors (Lipinski definition) is 1. The zero-order valence-electron chi connectivity index (χ0n) is 15.9. The predicted molar refractivity (Wildman–Crippen MR) is 104 cm³/mol. The Labute approximate surface area is 151 Å². The van der Waals surface area contributed by atoms with Crippen LogP contribution in [0.2, 0.25) is 0 Å². The predicted octanol–water partition coefficient (Wildman–Crippen LogP) is 5.30. The zero-order valence-corrected chi connectivity index (χ0v) is 15.9. The van der Waals surface area contributed by atoms with Gasteiger partial charge in [0.1, 0.15) is 0 Å². The molecule has 1 atom stereocenters. The highest BCUT2D eigenvalue weighted by molar-refractivity contribution is 5.89. The van der Waals surface area contributed by atoms with Crippen LogP contribution in [0.5, 0.6) is 0 Å². The van der Waals surface area contributed by atoms with Crippen molar-refractivity contribution in [2.24, 2.45) is 0 Å². The average molecular weight is 335 g/mol. The molecule has 1 saturated carbocycles. The highest BCUT2D eigenvalue weighted by Gasteiger charge is 2.42. The summed E-state index contributed by atoms with van der Waals surface area (Å²) in [6.45, 7) is 8.50. The molecule has 0 aromatic heterocycles. The van der Waals surface area contributed by atoms with Gasteiger partial charge in [0.2, 0.25) is 5.91 Å². The summed E-state index contributed by atoms with van der Waals surface area (Å²) in [4.78, 5) is 13.3. The van der Waals surface area contributed by atoms with Gasteiger partial charge in [-0.15, -0.1) is 0 Å². The first-order valence-electron chi connectivity index (χ1n) is 9.38. The fourth-order valence-corrected chi connectivity index (χ4v) is 4.24. The molecule has 1 fully saturated rings. The van der Waals surface area contributed by atoms with Gasteiger partial charge in [0.05, 0.1) is 11.5 Å². The minimum atomic E-state index is -0.358. The van der Waals surface area contributed by atoms with Gasteiger partial charge in [-0.05, 0) is 68.4 Å². The summed E-state index contributed by atoms with van der Waals surface area (Å²) in [5.74, 6) is 0.182. The maximum Gasteiger partial charge on any atom is 0.231 e. The lowest BCUT2D eigenvalue weighted by Gasteiger charge is -2.30. The fraction of sp³-hybridized carbons (Fsp3) is 0.435. The largest absolute Gasteiger partial charge is 0.349 e. The maximum atomic E-state index is 13.3. The maximum absolute atomic E-state index is 13.3. The van der Waals surface area contributed by atoms with Crippen LogP contribution >= 0.6 is 0 Å². The van der Waals surface area contributed by atoms with Gasteiger partial charge >= 0.3 is 0 Å². The van der Waals surface area contributed by atoms with Crippen molar-refractivity contribution in [1.82, 2.24) is 5.32 Å². The van der Waals surface area contributed by atoms with Crippen molar-refractivity contribution in [2.45, 2.75) is 64.8 Å². The minimum absolute atomic E-state index is 0.0213. The number of nitrogens with one attached hydrogen (secondary N) is 1. The molecule has 25 heavy (non-hydrogen) atoms. The first-order chi connectivity index (χ1) is 11.9. The number of hydrogen-bond acceptors (Lipinski definition) is 1. The molecule has 0 heterocycles. The molecule has 3 rings (SSSR count). The molecule has 2 aromatic carbocycles. The second kappa shape index (κ2) is 7.03. The molecule has 2 aromatic rings. The first-order valence-corrected chi connectivity index (χ1v) is 9.38. The summed E-state index contributed by atoms with van der Waals surface area (Å²) >= 11 is 0. The van der Waals surface area contributed by atoms with E-state index in [2.05, 4.69) is 57.3 Å². The Morgan fingerprint density at radius 1 is 0.960 bits per heavy atom. The van der Waals surface area contributed by atoms with Crippen molar-refractivity contribution in [3.05, 3.63) is 70.3 Å². The Hall–Kier alpha value is -2.09. The van der Waals surface area contributed by atoms with Crippen molar-refractivity contribution < 1.29 is 4.79 Å². The Balaban J connectivity index is 1.86. The smallest absolute Gasteiger partial charge is 0.231 e. The van der Waals surface area contributed by atoms with Gasteiger partial charge in [0.25, 0.3) is 0 Å². The molecular formula is C23H29NO. The van der Waals surface area contributed by atoms with Crippen LogP contribution in [0.25, 0.3) is 0 Å². The first kappa shape index (κ1) is 17.7. The molecule has 1 aliphatic carbocycles. The number of amides is 1. The Morgan fingerprint density at radius 3 is 2.20 bits per heavy atom. The molecule has 0 bridgehead atoms. The number of rotatable bonds is 4. The van der Waals surface area contributed by atoms with Crippen molar-refractivity contribution in [2.75, 3.05) is 0 Å². The second-order valence-electron chi connectivity index (χ2n) is 7.64. The van der Waals surface area contributed by atoms with E-state index in [0.29, 0.717) is 0 Å². The van der Waals surface area contributed by atoms with E-state index in [0.717, 1.165) is 31.2 Å². The van der Waals surface area contributed by atoms with Gasteiger partial charge in [0.15, 0.2) is 0 Å². The van der Waals surface area contributed by atoms with Crippen LogP contribution in [0.3, 0.4) is 0 Å². The van der Waals surface area contributed by atoms with E-state index in [1.165, 1.54) is 22.3 Å². The van der Waals surface area contributed by atoms with Crippen LogP contribution in [-0.4, -0.2) is 5.91 Å². The normalized spacial score (nSPS) is 17.3. The summed E-state index contributed by atoms with van der Waals surface area (Å²) in [7, 11) is 0. The molecule has 132 valence electrons. The van der Waals surface area contributed by atoms with Crippen LogP contribution in [0.15, 0.2) is 42.5 Å². The van der Waals surface area contributed by atoms with E-state index < -0.39 is 0 Å². The van der Waals surface area contributed by atoms with Crippen molar-refractivity contribution in [3.63, 3.8) is 0 Å². The summed E-state index contributed by atoms with van der Waals surface area (Å²) in [5.41, 5.74) is 5.85. The van der Waals surface area contributed by atoms with Crippen LogP contribution in [-0.2, 0) is 10.2 Å². The van der Waals surface area contributed by atoms with Gasteiger partial charge in [0, 0.05) is 0 Å². The molecule has 2 nitrogen and oxygen atoms in total. The third-order valence-electron chi connectivity index (χ3n) is 5.91. The highest BCUT2D eigenvalue weighted by atomic mass is 16.2. The number of aryl methyl sites for hydroxylation is 3. The van der Waals surface area contributed by atoms with Crippen molar-refractivity contribution in [1.29, 1.82) is 0 Å². The monoisotopic (exact) mass is 335 g/mol. The molecule has 1 N–H and O–H groups in total. The standard InChI is InChI=1S/C23H29NO/c1-16-14-18(3)21(15-17(16)2)19(4)24-22(25)23(12-8-9-13-23)20-10-6-5-7-11-20/h5-7,10-11,14-15,19H,8-9,12-13H2,1-4H3,(H,24,25).